The Morgan fingerprint density at radius 3 is 2.35 bits per heavy atom. The molecule has 8 nitrogen and oxygen atoms in total. The van der Waals surface area contributed by atoms with Crippen LogP contribution in [0.1, 0.15) is 37.8 Å². The van der Waals surface area contributed by atoms with Gasteiger partial charge < -0.3 is 15.0 Å². The number of ether oxygens (including phenoxy) is 1. The van der Waals surface area contributed by atoms with Gasteiger partial charge in [-0.25, -0.2) is 8.42 Å². The molecule has 10 heteroatoms. The molecule has 3 rings (SSSR count). The van der Waals surface area contributed by atoms with Crippen LogP contribution in [-0.2, 0) is 26.2 Å². The minimum Gasteiger partial charge on any atom is -0.495 e. The summed E-state index contributed by atoms with van der Waals surface area (Å²) >= 11 is 6.27. The number of sulfonamides is 1. The van der Waals surface area contributed by atoms with Crippen molar-refractivity contribution in [2.45, 2.75) is 51.1 Å². The Morgan fingerprint density at radius 2 is 1.73 bits per heavy atom. The van der Waals surface area contributed by atoms with Gasteiger partial charge in [0.15, 0.2) is 0 Å². The van der Waals surface area contributed by atoms with Gasteiger partial charge >= 0.3 is 0 Å². The lowest BCUT2D eigenvalue weighted by molar-refractivity contribution is -0.140. The van der Waals surface area contributed by atoms with Crippen LogP contribution in [0.2, 0.25) is 5.02 Å². The number of amides is 2. The molecule has 0 aliphatic heterocycles. The van der Waals surface area contributed by atoms with Crippen molar-refractivity contribution < 1.29 is 22.7 Å². The first-order valence-corrected chi connectivity index (χ1v) is 15.0. The second kappa shape index (κ2) is 14.2. The van der Waals surface area contributed by atoms with E-state index in [1.807, 2.05) is 45.0 Å². The van der Waals surface area contributed by atoms with Gasteiger partial charge in [0.2, 0.25) is 11.8 Å². The highest BCUT2D eigenvalue weighted by Gasteiger charge is 2.34. The van der Waals surface area contributed by atoms with E-state index in [0.717, 1.165) is 21.9 Å². The zero-order valence-electron chi connectivity index (χ0n) is 23.3. The Labute approximate surface area is 241 Å². The average molecular weight is 586 g/mol. The number of rotatable bonds is 13. The number of methoxy groups -OCH3 is 1. The second-order valence-corrected chi connectivity index (χ2v) is 11.7. The van der Waals surface area contributed by atoms with E-state index in [2.05, 4.69) is 5.32 Å². The Hall–Kier alpha value is -3.56. The van der Waals surface area contributed by atoms with Crippen molar-refractivity contribution in [2.75, 3.05) is 24.5 Å². The molecular formula is C30H36ClN3O5S. The maximum atomic E-state index is 14.1. The van der Waals surface area contributed by atoms with Crippen molar-refractivity contribution in [3.8, 4) is 5.75 Å². The summed E-state index contributed by atoms with van der Waals surface area (Å²) in [5, 5.41) is 3.16. The highest BCUT2D eigenvalue weighted by atomic mass is 35.5. The molecule has 1 N–H and O–H groups in total. The molecule has 40 heavy (non-hydrogen) atoms. The molecule has 0 aliphatic carbocycles. The molecule has 3 aromatic rings. The van der Waals surface area contributed by atoms with Gasteiger partial charge in [-0.3, -0.25) is 13.9 Å². The molecule has 0 spiro atoms. The first-order valence-electron chi connectivity index (χ1n) is 13.2. The smallest absolute Gasteiger partial charge is 0.264 e. The number of carbonyl (C=O) groups excluding carboxylic acids is 2. The van der Waals surface area contributed by atoms with Crippen LogP contribution in [-0.4, -0.2) is 51.4 Å². The zero-order chi connectivity index (χ0) is 29.3. The van der Waals surface area contributed by atoms with Gasteiger partial charge in [0, 0.05) is 18.1 Å². The predicted octanol–water partition coefficient (Wildman–Crippen LogP) is 5.19. The van der Waals surface area contributed by atoms with Crippen molar-refractivity contribution >= 4 is 39.1 Å². The maximum Gasteiger partial charge on any atom is 0.264 e. The van der Waals surface area contributed by atoms with Gasteiger partial charge in [0.05, 0.1) is 17.7 Å². The van der Waals surface area contributed by atoms with Crippen LogP contribution in [0, 0.1) is 6.92 Å². The summed E-state index contributed by atoms with van der Waals surface area (Å²) in [7, 11) is -2.82. The fraction of sp³-hybridized carbons (Fsp3) is 0.333. The first-order chi connectivity index (χ1) is 19.1. The molecule has 0 saturated carbocycles. The third-order valence-electron chi connectivity index (χ3n) is 6.39. The number of anilines is 1. The van der Waals surface area contributed by atoms with E-state index >= 15 is 0 Å². The minimum absolute atomic E-state index is 0.00259. The van der Waals surface area contributed by atoms with Crippen LogP contribution in [0.4, 0.5) is 5.69 Å². The Morgan fingerprint density at radius 1 is 1.00 bits per heavy atom. The highest BCUT2D eigenvalue weighted by molar-refractivity contribution is 7.92. The summed E-state index contributed by atoms with van der Waals surface area (Å²) in [4.78, 5) is 28.8. The number of nitrogens with one attached hydrogen (secondary N) is 1. The van der Waals surface area contributed by atoms with Crippen LogP contribution in [0.25, 0.3) is 0 Å². The van der Waals surface area contributed by atoms with Crippen molar-refractivity contribution in [1.82, 2.24) is 10.2 Å². The van der Waals surface area contributed by atoms with E-state index < -0.39 is 28.5 Å². The Balaban J connectivity index is 2.11. The molecule has 0 heterocycles. The van der Waals surface area contributed by atoms with Crippen molar-refractivity contribution in [2.24, 2.45) is 0 Å². The maximum absolute atomic E-state index is 14.1. The average Bonchev–Trinajstić information content (AvgIpc) is 2.94. The summed E-state index contributed by atoms with van der Waals surface area (Å²) in [6.45, 7) is 5.74. The number of aryl methyl sites for hydroxylation is 1. The highest BCUT2D eigenvalue weighted by Crippen LogP contribution is 2.35. The predicted molar refractivity (Wildman–Crippen MR) is 158 cm³/mol. The van der Waals surface area contributed by atoms with Crippen molar-refractivity contribution in [3.63, 3.8) is 0 Å². The van der Waals surface area contributed by atoms with Gasteiger partial charge in [0.1, 0.15) is 18.3 Å². The van der Waals surface area contributed by atoms with Gasteiger partial charge in [-0.1, -0.05) is 73.5 Å². The number of hydrogen-bond donors (Lipinski definition) is 1. The van der Waals surface area contributed by atoms with Crippen molar-refractivity contribution in [1.29, 1.82) is 0 Å². The molecule has 0 aromatic heterocycles. The van der Waals surface area contributed by atoms with Crippen molar-refractivity contribution in [3.05, 3.63) is 88.9 Å². The normalized spacial score (nSPS) is 11.9. The van der Waals surface area contributed by atoms with E-state index in [0.29, 0.717) is 13.0 Å². The van der Waals surface area contributed by atoms with E-state index in [9.17, 15) is 18.0 Å². The lowest BCUT2D eigenvalue weighted by Crippen LogP contribution is -2.52. The molecule has 0 saturated heterocycles. The van der Waals surface area contributed by atoms with E-state index in [-0.39, 0.29) is 33.8 Å². The molecule has 0 aliphatic rings. The SMILES string of the molecule is CCCNC(=O)C(CC)N(Cc1cccc(C)c1)C(=O)CN(c1cc(Cl)ccc1OC)S(=O)(=O)c1ccccc1. The summed E-state index contributed by atoms with van der Waals surface area (Å²) in [5.41, 5.74) is 1.95. The minimum atomic E-state index is -4.23. The molecular weight excluding hydrogens is 550 g/mol. The standard InChI is InChI=1S/C30H36ClN3O5S/c1-5-17-32-30(36)26(6-2)33(20-23-12-10-11-22(3)18-23)29(35)21-34(27-19-24(31)15-16-28(27)39-4)40(37,38)25-13-8-7-9-14-25/h7-16,18-19,26H,5-6,17,20-21H2,1-4H3,(H,32,36). The Bertz CT molecular complexity index is 1420. The molecule has 2 amide bonds. The second-order valence-electron chi connectivity index (χ2n) is 9.37. The molecule has 1 atom stereocenters. The van der Waals surface area contributed by atoms with Gasteiger partial charge in [-0.05, 0) is 55.7 Å². The summed E-state index contributed by atoms with van der Waals surface area (Å²) < 4.78 is 34.4. The van der Waals surface area contributed by atoms with Crippen LogP contribution >= 0.6 is 11.6 Å². The lowest BCUT2D eigenvalue weighted by atomic mass is 10.1. The van der Waals surface area contributed by atoms with E-state index in [1.165, 1.54) is 30.2 Å². The monoisotopic (exact) mass is 585 g/mol. The quantitative estimate of drug-likeness (QED) is 0.298. The van der Waals surface area contributed by atoms with Gasteiger partial charge in [-0.15, -0.1) is 0 Å². The molecule has 1 unspecified atom stereocenters. The fourth-order valence-corrected chi connectivity index (χ4v) is 5.99. The molecule has 0 fully saturated rings. The van der Waals surface area contributed by atoms with Crippen LogP contribution < -0.4 is 14.4 Å². The number of carbonyl (C=O) groups is 2. The third-order valence-corrected chi connectivity index (χ3v) is 8.40. The number of halogens is 1. The molecule has 0 bridgehead atoms. The molecule has 0 radical (unpaired) electrons. The van der Waals surface area contributed by atoms with Crippen LogP contribution in [0.15, 0.2) is 77.7 Å². The fourth-order valence-electron chi connectivity index (χ4n) is 4.38. The zero-order valence-corrected chi connectivity index (χ0v) is 24.8. The van der Waals surface area contributed by atoms with Gasteiger partial charge in [0.25, 0.3) is 10.0 Å². The summed E-state index contributed by atoms with van der Waals surface area (Å²) in [6, 6.07) is 19.3. The largest absolute Gasteiger partial charge is 0.495 e. The summed E-state index contributed by atoms with van der Waals surface area (Å²) in [5.74, 6) is -0.598. The topological polar surface area (TPSA) is 96.0 Å². The van der Waals surface area contributed by atoms with Gasteiger partial charge in [-0.2, -0.15) is 0 Å². The first kappa shape index (κ1) is 31.0. The third kappa shape index (κ3) is 7.55. The lowest BCUT2D eigenvalue weighted by Gasteiger charge is -2.33. The number of hydrogen-bond acceptors (Lipinski definition) is 5. The van der Waals surface area contributed by atoms with E-state index in [4.69, 9.17) is 16.3 Å². The van der Waals surface area contributed by atoms with Crippen LogP contribution in [0.5, 0.6) is 5.75 Å². The number of benzene rings is 3. The summed E-state index contributed by atoms with van der Waals surface area (Å²) in [6.07, 6.45) is 1.09. The Kier molecular flexibility index (Phi) is 11.0. The molecule has 3 aromatic carbocycles. The number of nitrogens with zero attached hydrogens (tertiary/aromatic N) is 2. The van der Waals surface area contributed by atoms with E-state index in [1.54, 1.807) is 30.3 Å². The molecule has 214 valence electrons. The van der Waals surface area contributed by atoms with Crippen LogP contribution in [0.3, 0.4) is 0 Å².